The van der Waals surface area contributed by atoms with Crippen LogP contribution in [0.4, 0.5) is 5.69 Å². The Morgan fingerprint density at radius 1 is 1.16 bits per heavy atom. The van der Waals surface area contributed by atoms with Gasteiger partial charge in [0.05, 0.1) is 24.7 Å². The SMILES string of the molecule is CN1/C(=C2/C=NN(C)[P@]2(=O)N2CCOCC2)C(C)(C)c2ccccc21. The number of benzene rings is 1. The largest absolute Gasteiger partial charge is 0.379 e. The van der Waals surface area contributed by atoms with E-state index >= 15 is 0 Å². The summed E-state index contributed by atoms with van der Waals surface area (Å²) in [4.78, 5) is 2.18. The molecule has 0 radical (unpaired) electrons. The molecule has 0 aromatic heterocycles. The summed E-state index contributed by atoms with van der Waals surface area (Å²) >= 11 is 0. The van der Waals surface area contributed by atoms with E-state index in [0.717, 1.165) is 11.0 Å². The first kappa shape index (κ1) is 16.8. The van der Waals surface area contributed by atoms with Crippen LogP contribution in [0.25, 0.3) is 0 Å². The lowest BCUT2D eigenvalue weighted by Crippen LogP contribution is -2.37. The molecule has 1 atom stereocenters. The van der Waals surface area contributed by atoms with Crippen molar-refractivity contribution < 1.29 is 9.30 Å². The van der Waals surface area contributed by atoms with Crippen molar-refractivity contribution in [3.05, 3.63) is 40.8 Å². The Labute approximate surface area is 149 Å². The summed E-state index contributed by atoms with van der Waals surface area (Å²) in [5.74, 6) is 0. The van der Waals surface area contributed by atoms with Crippen LogP contribution in [0.15, 0.2) is 40.4 Å². The van der Waals surface area contributed by atoms with Gasteiger partial charge >= 0.3 is 0 Å². The molecule has 1 aromatic carbocycles. The predicted molar refractivity (Wildman–Crippen MR) is 101 cm³/mol. The molecular formula is C18H25N4O2P. The number of anilines is 1. The van der Waals surface area contributed by atoms with Gasteiger partial charge in [-0.1, -0.05) is 32.0 Å². The van der Waals surface area contributed by atoms with Crippen LogP contribution in [-0.2, 0) is 14.7 Å². The number of morpholine rings is 1. The van der Waals surface area contributed by atoms with Crippen molar-refractivity contribution >= 4 is 19.3 Å². The number of para-hydroxylation sites is 1. The lowest BCUT2D eigenvalue weighted by molar-refractivity contribution is 0.0701. The fourth-order valence-corrected chi connectivity index (χ4v) is 7.04. The fourth-order valence-electron chi connectivity index (χ4n) is 4.25. The van der Waals surface area contributed by atoms with Crippen molar-refractivity contribution in [2.45, 2.75) is 19.3 Å². The second-order valence-electron chi connectivity index (χ2n) is 7.28. The van der Waals surface area contributed by atoms with E-state index in [2.05, 4.69) is 59.8 Å². The zero-order valence-corrected chi connectivity index (χ0v) is 16.2. The highest BCUT2D eigenvalue weighted by Gasteiger charge is 2.49. The molecule has 1 aromatic rings. The molecular weight excluding hydrogens is 335 g/mol. The van der Waals surface area contributed by atoms with Crippen LogP contribution in [0.1, 0.15) is 19.4 Å². The molecule has 0 unspecified atom stereocenters. The molecule has 0 saturated carbocycles. The van der Waals surface area contributed by atoms with Crippen molar-refractivity contribution in [3.8, 4) is 0 Å². The zero-order valence-electron chi connectivity index (χ0n) is 15.3. The van der Waals surface area contributed by atoms with Crippen molar-refractivity contribution in [1.29, 1.82) is 0 Å². The molecule has 1 fully saturated rings. The molecule has 0 aliphatic carbocycles. The Bertz CT molecular complexity index is 811. The standard InChI is InChI=1S/C18H25N4O2P/c1-18(2)14-7-5-6-8-15(14)20(3)17(18)16-13-19-21(4)25(16,23)22-9-11-24-12-10-22/h5-8,13H,9-12H2,1-4H3/b17-16-/t25-/m0/s1. The third-order valence-electron chi connectivity index (χ3n) is 5.53. The van der Waals surface area contributed by atoms with Crippen LogP contribution in [-0.4, -0.2) is 56.1 Å². The number of ether oxygens (including phenoxy) is 1. The van der Waals surface area contributed by atoms with Gasteiger partial charge in [-0.05, 0) is 11.6 Å². The normalized spacial score (nSPS) is 31.7. The number of hydrogen-bond donors (Lipinski definition) is 0. The van der Waals surface area contributed by atoms with Gasteiger partial charge in [-0.2, -0.15) is 5.10 Å². The monoisotopic (exact) mass is 360 g/mol. The Kier molecular flexibility index (Phi) is 3.83. The molecule has 7 heteroatoms. The van der Waals surface area contributed by atoms with Gasteiger partial charge in [0.25, 0.3) is 7.44 Å². The van der Waals surface area contributed by atoms with Crippen LogP contribution in [0, 0.1) is 0 Å². The van der Waals surface area contributed by atoms with Crippen molar-refractivity contribution in [1.82, 2.24) is 9.45 Å². The smallest absolute Gasteiger partial charge is 0.287 e. The molecule has 0 spiro atoms. The van der Waals surface area contributed by atoms with Gasteiger partial charge in [0.1, 0.15) is 0 Å². The highest BCUT2D eigenvalue weighted by Crippen LogP contribution is 2.65. The van der Waals surface area contributed by atoms with Gasteiger partial charge in [0.2, 0.25) is 0 Å². The zero-order chi connectivity index (χ0) is 17.8. The third kappa shape index (κ3) is 2.24. The first-order valence-corrected chi connectivity index (χ1v) is 10.3. The van der Waals surface area contributed by atoms with Gasteiger partial charge in [-0.3, -0.25) is 4.57 Å². The summed E-state index contributed by atoms with van der Waals surface area (Å²) in [7, 11) is 0.937. The van der Waals surface area contributed by atoms with Gasteiger partial charge in [-0.25, -0.2) is 9.45 Å². The molecule has 134 valence electrons. The third-order valence-corrected chi connectivity index (χ3v) is 8.54. The van der Waals surface area contributed by atoms with Crippen molar-refractivity contribution in [2.75, 3.05) is 45.3 Å². The van der Waals surface area contributed by atoms with Crippen molar-refractivity contribution in [2.24, 2.45) is 5.10 Å². The molecule has 6 nitrogen and oxygen atoms in total. The van der Waals surface area contributed by atoms with Gasteiger partial charge in [-0.15, -0.1) is 0 Å². The summed E-state index contributed by atoms with van der Waals surface area (Å²) in [5.41, 5.74) is 3.29. The van der Waals surface area contributed by atoms with E-state index in [4.69, 9.17) is 4.74 Å². The summed E-state index contributed by atoms with van der Waals surface area (Å²) in [6.45, 7) is 6.96. The van der Waals surface area contributed by atoms with E-state index in [1.807, 2.05) is 7.05 Å². The molecule has 3 aliphatic heterocycles. The minimum Gasteiger partial charge on any atom is -0.379 e. The second-order valence-corrected chi connectivity index (χ2v) is 9.99. The lowest BCUT2D eigenvalue weighted by atomic mass is 9.84. The first-order chi connectivity index (χ1) is 11.9. The topological polar surface area (TPSA) is 48.4 Å². The average Bonchev–Trinajstić information content (AvgIpc) is 3.02. The molecule has 1 saturated heterocycles. The maximum Gasteiger partial charge on any atom is 0.287 e. The molecule has 4 rings (SSSR count). The van der Waals surface area contributed by atoms with Crippen LogP contribution in [0.2, 0.25) is 0 Å². The van der Waals surface area contributed by atoms with Gasteiger partial charge in [0, 0.05) is 44.0 Å². The predicted octanol–water partition coefficient (Wildman–Crippen LogP) is 3.08. The second kappa shape index (κ2) is 5.70. The number of nitrogens with zero attached hydrogens (tertiary/aromatic N) is 4. The molecule has 3 heterocycles. The molecule has 0 bridgehead atoms. The summed E-state index contributed by atoms with van der Waals surface area (Å²) < 4.78 is 23.4. The average molecular weight is 360 g/mol. The quantitative estimate of drug-likeness (QED) is 0.721. The summed E-state index contributed by atoms with van der Waals surface area (Å²) in [6, 6.07) is 8.41. The Morgan fingerprint density at radius 3 is 2.52 bits per heavy atom. The Hall–Kier alpha value is -1.62. The van der Waals surface area contributed by atoms with E-state index in [9.17, 15) is 4.57 Å². The first-order valence-electron chi connectivity index (χ1n) is 8.68. The fraction of sp³-hybridized carbons (Fsp3) is 0.500. The van der Waals surface area contributed by atoms with Crippen molar-refractivity contribution in [3.63, 3.8) is 0 Å². The van der Waals surface area contributed by atoms with E-state index < -0.39 is 7.44 Å². The maximum absolute atomic E-state index is 14.2. The molecule has 0 amide bonds. The Morgan fingerprint density at radius 2 is 1.84 bits per heavy atom. The molecule has 25 heavy (non-hydrogen) atoms. The van der Waals surface area contributed by atoms with Crippen LogP contribution in [0.3, 0.4) is 0 Å². The highest BCUT2D eigenvalue weighted by molar-refractivity contribution is 7.65. The minimum absolute atomic E-state index is 0.222. The van der Waals surface area contributed by atoms with Crippen LogP contribution >= 0.6 is 7.44 Å². The summed E-state index contributed by atoms with van der Waals surface area (Å²) in [6.07, 6.45) is 1.80. The van der Waals surface area contributed by atoms with E-state index in [-0.39, 0.29) is 5.41 Å². The Balaban J connectivity index is 1.89. The molecule has 3 aliphatic rings. The minimum atomic E-state index is -2.94. The van der Waals surface area contributed by atoms with Gasteiger partial charge in [0.15, 0.2) is 0 Å². The molecule has 0 N–H and O–H groups in total. The maximum atomic E-state index is 14.2. The number of fused-ring (bicyclic) bond motifs is 1. The number of likely N-dealkylation sites (N-methyl/N-ethyl adjacent to an activating group) is 1. The van der Waals surface area contributed by atoms with E-state index in [1.54, 1.807) is 11.0 Å². The van der Waals surface area contributed by atoms with Gasteiger partial charge < -0.3 is 9.64 Å². The summed E-state index contributed by atoms with van der Waals surface area (Å²) in [5, 5.41) is 5.28. The van der Waals surface area contributed by atoms with E-state index in [0.29, 0.717) is 26.3 Å². The number of hydrogen-bond acceptors (Lipinski definition) is 4. The number of allylic oxidation sites excluding steroid dienone is 2. The lowest BCUT2D eigenvalue weighted by Gasteiger charge is -2.37. The van der Waals surface area contributed by atoms with E-state index in [1.165, 1.54) is 11.3 Å². The number of hydrazone groups is 1. The van der Waals surface area contributed by atoms with Crippen LogP contribution in [0.5, 0.6) is 0 Å². The van der Waals surface area contributed by atoms with Crippen LogP contribution < -0.4 is 4.90 Å². The number of rotatable bonds is 1. The highest BCUT2D eigenvalue weighted by atomic mass is 31.2.